The Hall–Kier alpha value is -4.77. The molecule has 4 bridgehead atoms. The van der Waals surface area contributed by atoms with E-state index in [-0.39, 0.29) is 17.5 Å². The van der Waals surface area contributed by atoms with Crippen LogP contribution in [0.4, 0.5) is 17.1 Å². The number of anilines is 3. The van der Waals surface area contributed by atoms with E-state index in [4.69, 9.17) is 4.98 Å². The summed E-state index contributed by atoms with van der Waals surface area (Å²) in [6, 6.07) is 26.9. The van der Waals surface area contributed by atoms with Gasteiger partial charge in [0.15, 0.2) is 0 Å². The van der Waals surface area contributed by atoms with Gasteiger partial charge in [0.1, 0.15) is 5.01 Å². The third-order valence-corrected chi connectivity index (χ3v) is 11.7. The normalized spacial score (nSPS) is 22.6. The summed E-state index contributed by atoms with van der Waals surface area (Å²) >= 11 is 1.87. The van der Waals surface area contributed by atoms with E-state index in [0.717, 1.165) is 19.3 Å². The molecule has 3 aromatic carbocycles. The Bertz CT molecular complexity index is 2150. The van der Waals surface area contributed by atoms with Gasteiger partial charge in [-0.25, -0.2) is 4.98 Å². The number of para-hydroxylation sites is 2. The average molecular weight is 642 g/mol. The predicted octanol–water partition coefficient (Wildman–Crippen LogP) is 11.0. The van der Waals surface area contributed by atoms with E-state index >= 15 is 0 Å². The fourth-order valence-corrected chi connectivity index (χ4v) is 9.07. The molecule has 4 aromatic rings. The lowest BCUT2D eigenvalue weighted by molar-refractivity contribution is 0.614. The van der Waals surface area contributed by atoms with Crippen molar-refractivity contribution in [2.45, 2.75) is 57.0 Å². The molecule has 3 heterocycles. The molecule has 0 fully saturated rings. The summed E-state index contributed by atoms with van der Waals surface area (Å²) in [5, 5.41) is 5.15. The van der Waals surface area contributed by atoms with Crippen LogP contribution in [0.3, 0.4) is 0 Å². The molecule has 2 unspecified atom stereocenters. The van der Waals surface area contributed by atoms with Crippen LogP contribution in [0.2, 0.25) is 0 Å². The van der Waals surface area contributed by atoms with Crippen LogP contribution in [-0.2, 0) is 11.8 Å². The van der Waals surface area contributed by atoms with Crippen molar-refractivity contribution in [1.29, 1.82) is 0 Å². The number of benzene rings is 3. The number of fused-ring (bicyclic) bond motifs is 7. The lowest BCUT2D eigenvalue weighted by atomic mass is 9.73. The van der Waals surface area contributed by atoms with Gasteiger partial charge in [-0.15, -0.1) is 11.3 Å². The van der Waals surface area contributed by atoms with Gasteiger partial charge < -0.3 is 4.90 Å². The number of nitrogens with zero attached hydrogens (tertiary/aromatic N) is 2. The zero-order valence-corrected chi connectivity index (χ0v) is 28.3. The molecule has 5 aliphatic rings. The van der Waals surface area contributed by atoms with Gasteiger partial charge in [0.2, 0.25) is 0 Å². The highest BCUT2D eigenvalue weighted by atomic mass is 32.1. The third-order valence-electron chi connectivity index (χ3n) is 10.4. The molecule has 0 spiro atoms. The molecule has 0 saturated carbocycles. The number of nitrogens with one attached hydrogen (secondary N) is 1. The molecule has 1 N–H and O–H groups in total. The van der Waals surface area contributed by atoms with Gasteiger partial charge in [-0.05, 0) is 94.7 Å². The Balaban J connectivity index is 1.09. The van der Waals surface area contributed by atoms with Crippen molar-refractivity contribution in [3.8, 4) is 0 Å². The minimum atomic E-state index is -0.150. The summed E-state index contributed by atoms with van der Waals surface area (Å²) in [5.74, 6) is 0. The first kappa shape index (κ1) is 29.4. The Kier molecular flexibility index (Phi) is 7.18. The highest BCUT2D eigenvalue weighted by Crippen LogP contribution is 2.52. The van der Waals surface area contributed by atoms with Crippen molar-refractivity contribution >= 4 is 39.5 Å². The largest absolute Gasteiger partial charge is 0.310 e. The Morgan fingerprint density at radius 3 is 2.62 bits per heavy atom. The Labute approximate surface area is 287 Å². The van der Waals surface area contributed by atoms with E-state index < -0.39 is 0 Å². The summed E-state index contributed by atoms with van der Waals surface area (Å²) in [6.45, 7) is 4.73. The first-order valence-corrected chi connectivity index (χ1v) is 18.1. The van der Waals surface area contributed by atoms with E-state index in [2.05, 4.69) is 158 Å². The molecule has 9 rings (SSSR count). The van der Waals surface area contributed by atoms with E-state index in [0.29, 0.717) is 0 Å². The summed E-state index contributed by atoms with van der Waals surface area (Å²) in [5.41, 5.74) is 13.8. The molecule has 3 aliphatic carbocycles. The summed E-state index contributed by atoms with van der Waals surface area (Å²) in [7, 11) is 0. The molecule has 0 radical (unpaired) electrons. The summed E-state index contributed by atoms with van der Waals surface area (Å²) in [4.78, 5) is 8.95. The van der Waals surface area contributed by atoms with Gasteiger partial charge in [-0.1, -0.05) is 111 Å². The second-order valence-corrected chi connectivity index (χ2v) is 14.9. The zero-order valence-electron chi connectivity index (χ0n) is 27.5. The van der Waals surface area contributed by atoms with Crippen LogP contribution in [0, 0.1) is 0 Å². The van der Waals surface area contributed by atoms with Gasteiger partial charge in [0.05, 0.1) is 23.1 Å². The minimum Gasteiger partial charge on any atom is -0.310 e. The number of hydrogen-bond acceptors (Lipinski definition) is 4. The Morgan fingerprint density at radius 1 is 0.854 bits per heavy atom. The highest BCUT2D eigenvalue weighted by molar-refractivity contribution is 7.13. The molecular weight excluding hydrogens is 603 g/mol. The van der Waals surface area contributed by atoms with Gasteiger partial charge in [0, 0.05) is 28.4 Å². The van der Waals surface area contributed by atoms with Crippen LogP contribution in [-0.4, -0.2) is 11.0 Å². The molecule has 0 saturated heterocycles. The lowest BCUT2D eigenvalue weighted by Gasteiger charge is -2.42. The molecule has 2 atom stereocenters. The second kappa shape index (κ2) is 11.7. The molecule has 1 aromatic heterocycles. The van der Waals surface area contributed by atoms with Crippen molar-refractivity contribution in [2.75, 3.05) is 4.90 Å². The van der Waals surface area contributed by atoms with Crippen LogP contribution in [0.5, 0.6) is 0 Å². The molecular formula is C44H39N3S. The maximum atomic E-state index is 5.18. The van der Waals surface area contributed by atoms with E-state index in [1.165, 1.54) is 78.0 Å². The quantitative estimate of drug-likeness (QED) is 0.241. The van der Waals surface area contributed by atoms with Crippen molar-refractivity contribution in [2.24, 2.45) is 0 Å². The highest BCUT2D eigenvalue weighted by Gasteiger charge is 2.37. The van der Waals surface area contributed by atoms with Crippen LogP contribution in [0.1, 0.15) is 71.4 Å². The topological polar surface area (TPSA) is 28.2 Å². The van der Waals surface area contributed by atoms with Crippen LogP contribution < -0.4 is 10.2 Å². The van der Waals surface area contributed by atoms with Crippen LogP contribution in [0.25, 0.3) is 11.1 Å². The minimum absolute atomic E-state index is 0.118. The SMILES string of the molecule is CC1(C)c2ccccc2N(c2ccccc2)c2ccc(C3=CC4=CC(C=C3)NC3C=C4/C=C\Cc4nc(C5=CC=CCCC5)sc43)cc21. The van der Waals surface area contributed by atoms with Crippen molar-refractivity contribution in [1.82, 2.24) is 10.3 Å². The number of rotatable bonds is 3. The van der Waals surface area contributed by atoms with Gasteiger partial charge in [-0.2, -0.15) is 0 Å². The molecule has 3 nitrogen and oxygen atoms in total. The number of allylic oxidation sites excluding steroid dienone is 11. The number of hydrogen-bond donors (Lipinski definition) is 1. The maximum Gasteiger partial charge on any atom is 0.119 e. The zero-order chi connectivity index (χ0) is 32.2. The van der Waals surface area contributed by atoms with Crippen molar-refractivity contribution in [3.63, 3.8) is 0 Å². The monoisotopic (exact) mass is 641 g/mol. The second-order valence-electron chi connectivity index (χ2n) is 13.9. The maximum absolute atomic E-state index is 5.18. The fraction of sp³-hybridized carbons (Fsp3) is 0.205. The summed E-state index contributed by atoms with van der Waals surface area (Å²) in [6.07, 6.45) is 27.5. The molecule has 48 heavy (non-hydrogen) atoms. The van der Waals surface area contributed by atoms with E-state index in [1.54, 1.807) is 0 Å². The molecule has 2 aliphatic heterocycles. The fourth-order valence-electron chi connectivity index (χ4n) is 7.90. The lowest BCUT2D eigenvalue weighted by Crippen LogP contribution is -2.30. The standard InChI is InChI=1S/C44H39N3S/c1-44(2)36-18-10-11-20-40(36)47(35-16-8-5-9-17-35)41-24-22-32(27-37(41)44)31-21-23-34-26-33(25-31)30-15-12-19-38-42(39(28-30)45-34)48-43(46-38)29-13-6-3-4-7-14-29/h3,5-6,8-13,15-18,20-28,34,39,45H,4,7,14,19H2,1-2H3/b15-12-. The number of aromatic nitrogens is 1. The van der Waals surface area contributed by atoms with Crippen molar-refractivity contribution in [3.05, 3.63) is 177 Å². The third kappa shape index (κ3) is 5.03. The first-order valence-electron chi connectivity index (χ1n) is 17.2. The smallest absolute Gasteiger partial charge is 0.119 e. The molecule has 4 heteroatoms. The van der Waals surface area contributed by atoms with E-state index in [1.807, 2.05) is 11.3 Å². The van der Waals surface area contributed by atoms with Gasteiger partial charge >= 0.3 is 0 Å². The van der Waals surface area contributed by atoms with Crippen LogP contribution >= 0.6 is 11.3 Å². The van der Waals surface area contributed by atoms with E-state index in [9.17, 15) is 0 Å². The molecule has 0 amide bonds. The summed E-state index contributed by atoms with van der Waals surface area (Å²) < 4.78 is 0. The van der Waals surface area contributed by atoms with Gasteiger partial charge in [0.25, 0.3) is 0 Å². The van der Waals surface area contributed by atoms with Crippen molar-refractivity contribution < 1.29 is 0 Å². The van der Waals surface area contributed by atoms with Crippen LogP contribution in [0.15, 0.2) is 145 Å². The first-order chi connectivity index (χ1) is 23.5. The number of thiazole rings is 1. The predicted molar refractivity (Wildman–Crippen MR) is 202 cm³/mol. The average Bonchev–Trinajstić information content (AvgIpc) is 3.30. The van der Waals surface area contributed by atoms with Gasteiger partial charge in [-0.3, -0.25) is 5.32 Å². The molecule has 236 valence electrons. The Morgan fingerprint density at radius 2 is 1.71 bits per heavy atom.